The van der Waals surface area contributed by atoms with Crippen LogP contribution in [0.4, 0.5) is 11.4 Å². The number of carbonyl (C=O) groups excluding carboxylic acids is 2. The lowest BCUT2D eigenvalue weighted by molar-refractivity contribution is -0.114. The van der Waals surface area contributed by atoms with Crippen LogP contribution >= 0.6 is 23.2 Å². The van der Waals surface area contributed by atoms with E-state index in [1.54, 1.807) is 12.1 Å². The van der Waals surface area contributed by atoms with E-state index in [0.717, 1.165) is 9.87 Å². The van der Waals surface area contributed by atoms with E-state index in [1.807, 2.05) is 6.92 Å². The summed E-state index contributed by atoms with van der Waals surface area (Å²) in [5, 5.41) is 3.03. The number of hydrogen-bond donors (Lipinski definition) is 1. The van der Waals surface area contributed by atoms with Gasteiger partial charge in [0.05, 0.1) is 33.3 Å². The van der Waals surface area contributed by atoms with Crippen LogP contribution in [0.15, 0.2) is 71.6 Å². The van der Waals surface area contributed by atoms with E-state index in [9.17, 15) is 18.0 Å². The van der Waals surface area contributed by atoms with Crippen molar-refractivity contribution in [3.8, 4) is 0 Å². The number of rotatable bonds is 7. The summed E-state index contributed by atoms with van der Waals surface area (Å²) in [6.45, 7) is 1.32. The summed E-state index contributed by atoms with van der Waals surface area (Å²) >= 11 is 12.1. The van der Waals surface area contributed by atoms with Gasteiger partial charge in [-0.15, -0.1) is 0 Å². The zero-order valence-electron chi connectivity index (χ0n) is 17.7. The summed E-state index contributed by atoms with van der Waals surface area (Å²) in [7, 11) is -2.83. The fourth-order valence-electron chi connectivity index (χ4n) is 2.93. The van der Waals surface area contributed by atoms with Gasteiger partial charge in [0.15, 0.2) is 0 Å². The SMILES string of the molecule is COC(=O)c1ccc(NC(=O)CN(c2ccc(Cl)c(Cl)c2)S(=O)(=O)c2ccc(C)cc2)cc1. The number of halogens is 2. The average molecular weight is 507 g/mol. The van der Waals surface area contributed by atoms with Gasteiger partial charge in [-0.05, 0) is 61.5 Å². The molecule has 0 saturated carbocycles. The number of nitrogens with one attached hydrogen (secondary N) is 1. The van der Waals surface area contributed by atoms with Crippen molar-refractivity contribution in [1.29, 1.82) is 0 Å². The van der Waals surface area contributed by atoms with Gasteiger partial charge in [-0.2, -0.15) is 0 Å². The van der Waals surface area contributed by atoms with Gasteiger partial charge in [0.1, 0.15) is 6.54 Å². The van der Waals surface area contributed by atoms with Gasteiger partial charge in [-0.1, -0.05) is 40.9 Å². The van der Waals surface area contributed by atoms with Crippen LogP contribution in [0.2, 0.25) is 10.0 Å². The summed E-state index contributed by atoms with van der Waals surface area (Å²) in [6, 6.07) is 16.6. The summed E-state index contributed by atoms with van der Waals surface area (Å²) in [4.78, 5) is 24.4. The predicted molar refractivity (Wildman–Crippen MR) is 129 cm³/mol. The van der Waals surface area contributed by atoms with Crippen LogP contribution in [-0.2, 0) is 19.6 Å². The molecule has 0 heterocycles. The molecule has 172 valence electrons. The quantitative estimate of drug-likeness (QED) is 0.459. The van der Waals surface area contributed by atoms with Gasteiger partial charge in [0.2, 0.25) is 5.91 Å². The Morgan fingerprint density at radius 3 is 2.15 bits per heavy atom. The zero-order valence-corrected chi connectivity index (χ0v) is 20.0. The van der Waals surface area contributed by atoms with E-state index in [1.165, 1.54) is 61.7 Å². The summed E-state index contributed by atoms with van der Waals surface area (Å²) < 4.78 is 32.4. The van der Waals surface area contributed by atoms with Crippen molar-refractivity contribution < 1.29 is 22.7 Å². The Morgan fingerprint density at radius 1 is 0.939 bits per heavy atom. The third kappa shape index (κ3) is 5.84. The Hall–Kier alpha value is -3.07. The molecule has 3 aromatic carbocycles. The van der Waals surface area contributed by atoms with E-state index in [-0.39, 0.29) is 20.6 Å². The molecule has 1 amide bonds. The van der Waals surface area contributed by atoms with Crippen LogP contribution in [0, 0.1) is 6.92 Å². The van der Waals surface area contributed by atoms with Crippen molar-refractivity contribution in [2.24, 2.45) is 0 Å². The lowest BCUT2D eigenvalue weighted by Crippen LogP contribution is -2.38. The van der Waals surface area contributed by atoms with E-state index < -0.39 is 28.4 Å². The molecule has 0 fully saturated rings. The fourth-order valence-corrected chi connectivity index (χ4v) is 4.64. The van der Waals surface area contributed by atoms with Crippen molar-refractivity contribution >= 4 is 56.5 Å². The third-order valence-corrected chi connectivity index (χ3v) is 7.20. The Balaban J connectivity index is 1.91. The van der Waals surface area contributed by atoms with Gasteiger partial charge >= 0.3 is 5.97 Å². The number of carbonyl (C=O) groups is 2. The molecule has 0 atom stereocenters. The number of sulfonamides is 1. The number of amides is 1. The first kappa shape index (κ1) is 24.6. The van der Waals surface area contributed by atoms with Gasteiger partial charge in [-0.25, -0.2) is 13.2 Å². The van der Waals surface area contributed by atoms with E-state index in [4.69, 9.17) is 23.2 Å². The molecule has 0 saturated heterocycles. The first-order chi connectivity index (χ1) is 15.6. The normalized spacial score (nSPS) is 11.0. The summed E-state index contributed by atoms with van der Waals surface area (Å²) in [6.07, 6.45) is 0. The van der Waals surface area contributed by atoms with Crippen LogP contribution in [0.5, 0.6) is 0 Å². The number of aryl methyl sites for hydroxylation is 1. The molecule has 0 bridgehead atoms. The van der Waals surface area contributed by atoms with Crippen molar-refractivity contribution in [1.82, 2.24) is 0 Å². The van der Waals surface area contributed by atoms with Gasteiger partial charge in [-0.3, -0.25) is 9.10 Å². The first-order valence-electron chi connectivity index (χ1n) is 9.64. The smallest absolute Gasteiger partial charge is 0.337 e. The lowest BCUT2D eigenvalue weighted by atomic mass is 10.2. The molecular weight excluding hydrogens is 487 g/mol. The highest BCUT2D eigenvalue weighted by atomic mass is 35.5. The first-order valence-corrected chi connectivity index (χ1v) is 11.8. The molecular formula is C23H20Cl2N2O5S. The molecule has 1 N–H and O–H groups in total. The molecule has 0 aliphatic rings. The second-order valence-electron chi connectivity index (χ2n) is 7.04. The highest BCUT2D eigenvalue weighted by Gasteiger charge is 2.27. The molecule has 33 heavy (non-hydrogen) atoms. The van der Waals surface area contributed by atoms with Crippen LogP contribution in [-0.4, -0.2) is 33.9 Å². The Morgan fingerprint density at radius 2 is 1.58 bits per heavy atom. The molecule has 0 aliphatic carbocycles. The van der Waals surface area contributed by atoms with Crippen molar-refractivity contribution in [2.45, 2.75) is 11.8 Å². The van der Waals surface area contributed by atoms with Crippen LogP contribution < -0.4 is 9.62 Å². The summed E-state index contributed by atoms with van der Waals surface area (Å²) in [5.41, 5.74) is 1.77. The largest absolute Gasteiger partial charge is 0.465 e. The maximum absolute atomic E-state index is 13.4. The highest BCUT2D eigenvalue weighted by Crippen LogP contribution is 2.30. The Bertz CT molecular complexity index is 1280. The summed E-state index contributed by atoms with van der Waals surface area (Å²) in [5.74, 6) is -1.11. The number of ether oxygens (including phenoxy) is 1. The van der Waals surface area contributed by atoms with E-state index in [2.05, 4.69) is 10.1 Å². The zero-order chi connectivity index (χ0) is 24.2. The highest BCUT2D eigenvalue weighted by molar-refractivity contribution is 7.92. The average Bonchev–Trinajstić information content (AvgIpc) is 2.79. The van der Waals surface area contributed by atoms with Gasteiger partial charge in [0, 0.05) is 5.69 Å². The van der Waals surface area contributed by atoms with Gasteiger partial charge < -0.3 is 10.1 Å². The van der Waals surface area contributed by atoms with Crippen molar-refractivity contribution in [2.75, 3.05) is 23.3 Å². The maximum Gasteiger partial charge on any atom is 0.337 e. The van der Waals surface area contributed by atoms with Crippen LogP contribution in [0.3, 0.4) is 0 Å². The molecule has 0 aromatic heterocycles. The predicted octanol–water partition coefficient (Wildman–Crippen LogP) is 4.92. The molecule has 3 rings (SSSR count). The number of esters is 1. The minimum absolute atomic E-state index is 0.0226. The van der Waals surface area contributed by atoms with E-state index >= 15 is 0 Å². The maximum atomic E-state index is 13.4. The van der Waals surface area contributed by atoms with E-state index in [0.29, 0.717) is 11.3 Å². The molecule has 7 nitrogen and oxygen atoms in total. The topological polar surface area (TPSA) is 92.8 Å². The molecule has 0 spiro atoms. The van der Waals surface area contributed by atoms with Crippen LogP contribution in [0.1, 0.15) is 15.9 Å². The number of benzene rings is 3. The van der Waals surface area contributed by atoms with Crippen molar-refractivity contribution in [3.63, 3.8) is 0 Å². The molecule has 3 aromatic rings. The lowest BCUT2D eigenvalue weighted by Gasteiger charge is -2.24. The third-order valence-electron chi connectivity index (χ3n) is 4.68. The number of nitrogens with zero attached hydrogens (tertiary/aromatic N) is 1. The fraction of sp³-hybridized carbons (Fsp3) is 0.130. The minimum atomic E-state index is -4.10. The number of anilines is 2. The van der Waals surface area contributed by atoms with Crippen molar-refractivity contribution in [3.05, 3.63) is 87.9 Å². The Kier molecular flexibility index (Phi) is 7.63. The Labute approximate surface area is 201 Å². The van der Waals surface area contributed by atoms with Crippen LogP contribution in [0.25, 0.3) is 0 Å². The second-order valence-corrected chi connectivity index (χ2v) is 9.72. The monoisotopic (exact) mass is 506 g/mol. The van der Waals surface area contributed by atoms with Gasteiger partial charge in [0.25, 0.3) is 10.0 Å². The molecule has 0 radical (unpaired) electrons. The molecule has 0 unspecified atom stereocenters. The number of hydrogen-bond acceptors (Lipinski definition) is 5. The minimum Gasteiger partial charge on any atom is -0.465 e. The number of methoxy groups -OCH3 is 1. The standard InChI is InChI=1S/C23H20Cl2N2O5S/c1-15-3-10-19(11-4-15)33(30,31)27(18-9-12-20(24)21(25)13-18)14-22(28)26-17-7-5-16(6-8-17)23(29)32-2/h3-13H,14H2,1-2H3,(H,26,28). The molecule has 10 heteroatoms. The second kappa shape index (κ2) is 10.2. The molecule has 0 aliphatic heterocycles.